The van der Waals surface area contributed by atoms with Crippen LogP contribution in [0.2, 0.25) is 0 Å². The number of fused-ring (bicyclic) bond motifs is 4. The molecule has 0 aliphatic carbocycles. The third-order valence-electron chi connectivity index (χ3n) is 32.0. The van der Waals surface area contributed by atoms with Crippen LogP contribution in [-0.2, 0) is 51.9 Å². The van der Waals surface area contributed by atoms with Crippen LogP contribution < -0.4 is 26.6 Å². The van der Waals surface area contributed by atoms with Gasteiger partial charge in [-0.2, -0.15) is 0 Å². The van der Waals surface area contributed by atoms with E-state index in [0.717, 1.165) is 327 Å². The third kappa shape index (κ3) is 23.1. The molecule has 0 radical (unpaired) electrons. The van der Waals surface area contributed by atoms with Crippen molar-refractivity contribution in [2.75, 3.05) is 236 Å². The van der Waals surface area contributed by atoms with Crippen molar-refractivity contribution in [3.63, 3.8) is 0 Å². The molecular formula is C109H130N24O10S4. The van der Waals surface area contributed by atoms with Crippen LogP contribution in [0.4, 0.5) is 0 Å². The first-order valence-electron chi connectivity index (χ1n) is 52.3. The number of amides is 10. The van der Waals surface area contributed by atoms with Gasteiger partial charge in [0.05, 0.1) is 11.0 Å². The van der Waals surface area contributed by atoms with Gasteiger partial charge < -0.3 is 75.6 Å². The van der Waals surface area contributed by atoms with Crippen molar-refractivity contribution in [2.45, 2.75) is 94.4 Å². The number of hydrogen-bond acceptors (Lipinski definition) is 28. The first-order chi connectivity index (χ1) is 72.0. The van der Waals surface area contributed by atoms with Crippen LogP contribution in [0, 0.1) is 0 Å². The molecule has 0 unspecified atom stereocenters. The Hall–Kier alpha value is -11.9. The summed E-state index contributed by atoms with van der Waals surface area (Å²) in [5.74, 6) is 1.42. The van der Waals surface area contributed by atoms with Gasteiger partial charge in [-0.25, -0.2) is 19.9 Å². The predicted octanol–water partition coefficient (Wildman–Crippen LogP) is 6.33. The SMILES string of the molecule is O=C(c1ccc2c(c1)CCNC2)N1CC(N2CCN(C(=O)c3cscn3)CC2)C1.O=C(c1ccc2c(c1)CCNC2)N1CC(N2CCN(C(=O)c3nccs3)CC2)C1.O=C(c1ccccc1)N1CCN(C2CN(C(=O)c3ccccc3[C@@H]3CCNC3)C2)CC1.O=C(c1cscn1)N1CCN(C2CN(C(=O)c3cccc4c3CNCC4)C2)CC1.O=C(c1nccs1)N1CCN(C2CN(C(=O)c3cccc4c3CNCC4)C2)CC1. The van der Waals surface area contributed by atoms with Gasteiger partial charge in [-0.3, -0.25) is 72.4 Å². The summed E-state index contributed by atoms with van der Waals surface area (Å²) in [5.41, 5.74) is 20.8. The van der Waals surface area contributed by atoms with E-state index in [-0.39, 0.29) is 59.1 Å². The highest BCUT2D eigenvalue weighted by molar-refractivity contribution is 7.12. The quantitative estimate of drug-likeness (QED) is 0.0705. The number of carbonyl (C=O) groups is 10. The summed E-state index contributed by atoms with van der Waals surface area (Å²) in [6, 6.07) is 44.1. The van der Waals surface area contributed by atoms with E-state index in [2.05, 4.69) is 113 Å². The standard InChI is InChI=1S/C25H30N4O2.4C21H25N5O2S/c30-24(19-6-2-1-3-7-19)28-14-12-27(13-15-28)21-17-29(18-21)25(31)23-9-5-4-8-22(23)20-10-11-26-16-20;27-20(16-1-2-17-12-22-4-3-15(17)11-16)26-13-18(14-26)24-6-8-25(9-7-24)21(28)19-23-5-10-29-19;27-20(16-1-2-17-10-22-4-3-15(17)9-16)26-11-18(12-26)24-5-7-25(8-6-24)21(28)19-13-29-14-23-19;27-20(17-3-1-2-15-4-5-22-12-18(15)17)26-13-16(14-26)24-7-9-25(10-8-24)21(28)19-23-6-11-29-19;27-20(17-3-1-2-15-4-5-22-10-18(15)17)26-11-16(12-26)24-6-8-25(9-7-24)21(28)19-13-29-14-23-19/h1-9,20-21,26H,10-18H2;1-2,5,10-11,18,22H,3-4,6-9,12-14H2;1-2,9,13-14,18,22H,3-8,10-12H2;1-3,6,11,16,22H,4-5,7-10,12-14H2;1-3,13-14,16,22H,4-12H2/t20-;;;;/m1..../s1. The van der Waals surface area contributed by atoms with E-state index in [9.17, 15) is 47.9 Å². The number of aromatic nitrogens is 4. The molecule has 147 heavy (non-hydrogen) atoms. The summed E-state index contributed by atoms with van der Waals surface area (Å²) >= 11 is 5.69. The second-order valence-corrected chi connectivity index (χ2v) is 43.8. The molecule has 6 aromatic carbocycles. The molecular weight excluding hydrogens is 1930 g/mol. The van der Waals surface area contributed by atoms with Gasteiger partial charge in [0.25, 0.3) is 59.1 Å². The summed E-state index contributed by atoms with van der Waals surface area (Å²) in [6.07, 6.45) is 8.40. The Morgan fingerprint density at radius 2 is 0.619 bits per heavy atom. The molecule has 10 amide bonds. The van der Waals surface area contributed by atoms with Gasteiger partial charge in [-0.15, -0.1) is 45.3 Å². The molecule has 10 aromatic rings. The summed E-state index contributed by atoms with van der Waals surface area (Å²) in [7, 11) is 0. The Labute approximate surface area is 873 Å². The zero-order valence-corrected chi connectivity index (χ0v) is 86.5. The second kappa shape index (κ2) is 46.9. The van der Waals surface area contributed by atoms with Crippen LogP contribution >= 0.6 is 45.3 Å². The van der Waals surface area contributed by atoms with Gasteiger partial charge in [-0.1, -0.05) is 72.8 Å². The van der Waals surface area contributed by atoms with Crippen molar-refractivity contribution in [3.05, 3.63) is 277 Å². The van der Waals surface area contributed by atoms with Crippen molar-refractivity contribution >= 4 is 104 Å². The molecule has 0 spiro atoms. The number of likely N-dealkylation sites (tertiary alicyclic amines) is 5. The summed E-state index contributed by atoms with van der Waals surface area (Å²) in [5, 5.41) is 25.3. The van der Waals surface area contributed by atoms with Gasteiger partial charge in [0, 0.05) is 327 Å². The van der Waals surface area contributed by atoms with Crippen LogP contribution in [0.15, 0.2) is 172 Å². The molecule has 0 saturated carbocycles. The highest BCUT2D eigenvalue weighted by atomic mass is 32.1. The number of nitrogens with one attached hydrogen (secondary N) is 5. The van der Waals surface area contributed by atoms with Crippen molar-refractivity contribution in [1.29, 1.82) is 0 Å². The van der Waals surface area contributed by atoms with E-state index < -0.39 is 0 Å². The highest BCUT2D eigenvalue weighted by Gasteiger charge is 2.45. The van der Waals surface area contributed by atoms with Gasteiger partial charge in [0.15, 0.2) is 10.0 Å². The van der Waals surface area contributed by atoms with Crippen molar-refractivity contribution in [2.24, 2.45) is 0 Å². The van der Waals surface area contributed by atoms with Gasteiger partial charge in [0.1, 0.15) is 11.4 Å². The van der Waals surface area contributed by atoms with Gasteiger partial charge >= 0.3 is 0 Å². The van der Waals surface area contributed by atoms with Crippen LogP contribution in [0.3, 0.4) is 0 Å². The molecule has 34 nitrogen and oxygen atoms in total. The lowest BCUT2D eigenvalue weighted by atomic mass is 9.92. The van der Waals surface area contributed by atoms with Gasteiger partial charge in [-0.05, 0) is 175 Å². The Morgan fingerprint density at radius 3 is 0.986 bits per heavy atom. The Bertz CT molecular complexity index is 5980. The number of piperazine rings is 5. The zero-order valence-electron chi connectivity index (χ0n) is 83.2. The van der Waals surface area contributed by atoms with E-state index in [1.165, 1.54) is 95.4 Å². The zero-order chi connectivity index (χ0) is 100. The molecule has 19 heterocycles. The average Bonchev–Trinajstić information content (AvgIpc) is 1.71. The third-order valence-corrected chi connectivity index (χ3v) is 34.7. The number of carbonyl (C=O) groups excluding carboxylic acids is 10. The number of rotatable bonds is 16. The van der Waals surface area contributed by atoms with E-state index in [1.807, 2.05) is 150 Å². The molecule has 38 heteroatoms. The molecule has 0 bridgehead atoms. The minimum Gasteiger partial charge on any atom is -0.336 e. The number of hydrogen-bond donors (Lipinski definition) is 5. The lowest BCUT2D eigenvalue weighted by molar-refractivity contribution is 0.00791. The van der Waals surface area contributed by atoms with Crippen LogP contribution in [-0.4, -0.2) is 418 Å². The molecule has 1 atom stereocenters. The normalized spacial score (nSPS) is 20.7. The molecule has 15 aliphatic rings. The maximum atomic E-state index is 13.2. The van der Waals surface area contributed by atoms with Gasteiger partial charge in [0.2, 0.25) is 0 Å². The van der Waals surface area contributed by atoms with Crippen LogP contribution in [0.5, 0.6) is 0 Å². The highest BCUT2D eigenvalue weighted by Crippen LogP contribution is 2.34. The summed E-state index contributed by atoms with van der Waals surface area (Å²) in [6.45, 7) is 32.9. The lowest BCUT2D eigenvalue weighted by Crippen LogP contribution is -2.64. The van der Waals surface area contributed by atoms with Crippen LogP contribution in [0.1, 0.15) is 165 Å². The Morgan fingerprint density at radius 1 is 0.279 bits per heavy atom. The van der Waals surface area contributed by atoms with E-state index in [0.29, 0.717) is 57.5 Å². The molecule has 15 aliphatic heterocycles. The summed E-state index contributed by atoms with van der Waals surface area (Å²) < 4.78 is 0. The Kier molecular flexibility index (Phi) is 32.2. The lowest BCUT2D eigenvalue weighted by Gasteiger charge is -2.48. The number of thiazole rings is 4. The first kappa shape index (κ1) is 101. The molecule has 25 rings (SSSR count). The molecule has 11 saturated heterocycles. The van der Waals surface area contributed by atoms with Crippen molar-refractivity contribution in [1.82, 2.24) is 120 Å². The van der Waals surface area contributed by atoms with Crippen LogP contribution in [0.25, 0.3) is 0 Å². The largest absolute Gasteiger partial charge is 0.336 e. The fraction of sp³-hybridized carbons (Fsp3) is 0.468. The van der Waals surface area contributed by atoms with Crippen molar-refractivity contribution < 1.29 is 47.9 Å². The topological polar surface area (TPSA) is 331 Å². The average molecular weight is 2060 g/mol. The molecule has 5 N–H and O–H groups in total. The smallest absolute Gasteiger partial charge is 0.282 e. The van der Waals surface area contributed by atoms with E-state index in [1.54, 1.807) is 28.8 Å². The number of benzene rings is 6. The number of nitrogens with zero attached hydrogens (tertiary/aromatic N) is 19. The minimum absolute atomic E-state index is 0.0266. The summed E-state index contributed by atoms with van der Waals surface area (Å²) in [4.78, 5) is 175. The predicted molar refractivity (Wildman–Crippen MR) is 565 cm³/mol. The minimum atomic E-state index is 0.0266. The molecule has 4 aromatic heterocycles. The fourth-order valence-corrected chi connectivity index (χ4v) is 25.1. The molecule has 11 fully saturated rings. The Balaban J connectivity index is 0.000000108. The fourth-order valence-electron chi connectivity index (χ4n) is 22.9. The van der Waals surface area contributed by atoms with E-state index in [4.69, 9.17) is 0 Å². The first-order valence-corrected chi connectivity index (χ1v) is 55.9. The van der Waals surface area contributed by atoms with Crippen molar-refractivity contribution in [3.8, 4) is 0 Å². The van der Waals surface area contributed by atoms with E-state index >= 15 is 0 Å². The second-order valence-electron chi connectivity index (χ2n) is 40.6. The molecule has 770 valence electrons. The maximum absolute atomic E-state index is 13.2. The monoisotopic (exact) mass is 2060 g/mol. The maximum Gasteiger partial charge on any atom is 0.282 e.